The molecule has 1 aliphatic rings. The zero-order valence-electron chi connectivity index (χ0n) is 14.5. The van der Waals surface area contributed by atoms with E-state index in [2.05, 4.69) is 50.1 Å². The number of rotatable bonds is 7. The maximum atomic E-state index is 12.4. The Morgan fingerprint density at radius 2 is 2.12 bits per heavy atom. The molecular weight excluding hydrogens is 336 g/mol. The maximum absolute atomic E-state index is 12.4. The van der Waals surface area contributed by atoms with E-state index in [-0.39, 0.29) is 5.91 Å². The molecule has 2 heterocycles. The van der Waals surface area contributed by atoms with Gasteiger partial charge in [-0.15, -0.1) is 10.2 Å². The van der Waals surface area contributed by atoms with Crippen molar-refractivity contribution in [2.75, 3.05) is 33.7 Å². The SMILES string of the molecule is CNCc1nnc(C(=O)N(C)CCc2ccc(C3=NCCN3)cc2)s1. The molecule has 132 valence electrons. The summed E-state index contributed by atoms with van der Waals surface area (Å²) < 4.78 is 0. The van der Waals surface area contributed by atoms with Gasteiger partial charge in [0, 0.05) is 32.2 Å². The van der Waals surface area contributed by atoms with Crippen molar-refractivity contribution in [2.24, 2.45) is 4.99 Å². The normalized spacial score (nSPS) is 13.4. The highest BCUT2D eigenvalue weighted by molar-refractivity contribution is 7.13. The van der Waals surface area contributed by atoms with Crippen molar-refractivity contribution >= 4 is 23.1 Å². The third-order valence-corrected chi connectivity index (χ3v) is 4.87. The Balaban J connectivity index is 1.54. The third-order valence-electron chi connectivity index (χ3n) is 3.96. The molecule has 8 heteroatoms. The highest BCUT2D eigenvalue weighted by Gasteiger charge is 2.17. The average Bonchev–Trinajstić information content (AvgIpc) is 3.32. The third kappa shape index (κ3) is 4.40. The van der Waals surface area contributed by atoms with Crippen LogP contribution in [0.15, 0.2) is 29.3 Å². The van der Waals surface area contributed by atoms with E-state index in [0.29, 0.717) is 18.1 Å². The minimum atomic E-state index is -0.0824. The lowest BCUT2D eigenvalue weighted by molar-refractivity contribution is 0.0795. The number of aromatic nitrogens is 2. The molecule has 2 N–H and O–H groups in total. The van der Waals surface area contributed by atoms with Gasteiger partial charge in [0.15, 0.2) is 0 Å². The predicted molar refractivity (Wildman–Crippen MR) is 99.2 cm³/mol. The van der Waals surface area contributed by atoms with Crippen LogP contribution in [0.3, 0.4) is 0 Å². The summed E-state index contributed by atoms with van der Waals surface area (Å²) in [4.78, 5) is 18.5. The summed E-state index contributed by atoms with van der Waals surface area (Å²) in [6.07, 6.45) is 0.796. The summed E-state index contributed by atoms with van der Waals surface area (Å²) in [5, 5.41) is 15.5. The Hall–Kier alpha value is -2.32. The molecule has 0 fully saturated rings. The van der Waals surface area contributed by atoms with E-state index in [1.807, 2.05) is 7.05 Å². The van der Waals surface area contributed by atoms with Crippen molar-refractivity contribution < 1.29 is 4.79 Å². The molecule has 0 bridgehead atoms. The molecule has 1 aromatic heterocycles. The molecule has 0 saturated heterocycles. The quantitative estimate of drug-likeness (QED) is 0.769. The van der Waals surface area contributed by atoms with E-state index >= 15 is 0 Å². The lowest BCUT2D eigenvalue weighted by Gasteiger charge is -2.15. The number of carbonyl (C=O) groups is 1. The summed E-state index contributed by atoms with van der Waals surface area (Å²) in [7, 11) is 3.64. The van der Waals surface area contributed by atoms with Crippen LogP contribution < -0.4 is 10.6 Å². The molecule has 25 heavy (non-hydrogen) atoms. The fraction of sp³-hybridized carbons (Fsp3) is 0.412. The van der Waals surface area contributed by atoms with E-state index in [9.17, 15) is 4.79 Å². The Morgan fingerprint density at radius 1 is 1.32 bits per heavy atom. The highest BCUT2D eigenvalue weighted by Crippen LogP contribution is 2.13. The Kier molecular flexibility index (Phi) is 5.72. The minimum absolute atomic E-state index is 0.0824. The van der Waals surface area contributed by atoms with E-state index < -0.39 is 0 Å². The second kappa shape index (κ2) is 8.17. The molecule has 0 saturated carbocycles. The second-order valence-electron chi connectivity index (χ2n) is 5.86. The van der Waals surface area contributed by atoms with Crippen LogP contribution in [0.1, 0.15) is 25.9 Å². The van der Waals surface area contributed by atoms with Gasteiger partial charge in [-0.2, -0.15) is 0 Å². The highest BCUT2D eigenvalue weighted by atomic mass is 32.1. The topological polar surface area (TPSA) is 82.5 Å². The van der Waals surface area contributed by atoms with Crippen LogP contribution in [0, 0.1) is 0 Å². The number of carbonyl (C=O) groups excluding carboxylic acids is 1. The predicted octanol–water partition coefficient (Wildman–Crippen LogP) is 0.922. The monoisotopic (exact) mass is 358 g/mol. The van der Waals surface area contributed by atoms with Crippen molar-refractivity contribution in [3.63, 3.8) is 0 Å². The van der Waals surface area contributed by atoms with Crippen molar-refractivity contribution in [1.82, 2.24) is 25.7 Å². The van der Waals surface area contributed by atoms with Gasteiger partial charge in [0.25, 0.3) is 5.91 Å². The molecule has 1 aliphatic heterocycles. The first-order valence-electron chi connectivity index (χ1n) is 8.27. The number of amidine groups is 1. The maximum Gasteiger partial charge on any atom is 0.284 e. The van der Waals surface area contributed by atoms with Gasteiger partial charge in [0.2, 0.25) is 5.01 Å². The first kappa shape index (κ1) is 17.5. The summed E-state index contributed by atoms with van der Waals surface area (Å²) in [5.74, 6) is 0.883. The molecule has 3 rings (SSSR count). The number of hydrogen-bond donors (Lipinski definition) is 2. The molecule has 0 aliphatic carbocycles. The van der Waals surface area contributed by atoms with Crippen molar-refractivity contribution in [3.8, 4) is 0 Å². The Morgan fingerprint density at radius 3 is 2.80 bits per heavy atom. The van der Waals surface area contributed by atoms with Gasteiger partial charge in [0.05, 0.1) is 6.54 Å². The molecular formula is C17H22N6OS. The first-order valence-corrected chi connectivity index (χ1v) is 9.09. The van der Waals surface area contributed by atoms with Crippen molar-refractivity contribution in [2.45, 2.75) is 13.0 Å². The zero-order chi connectivity index (χ0) is 17.6. The lowest BCUT2D eigenvalue weighted by atomic mass is 10.1. The van der Waals surface area contributed by atoms with Crippen molar-refractivity contribution in [3.05, 3.63) is 45.4 Å². The van der Waals surface area contributed by atoms with Crippen LogP contribution in [0.2, 0.25) is 0 Å². The fourth-order valence-corrected chi connectivity index (χ4v) is 3.39. The zero-order valence-corrected chi connectivity index (χ0v) is 15.3. The molecule has 2 aromatic rings. The summed E-state index contributed by atoms with van der Waals surface area (Å²) in [6, 6.07) is 8.32. The smallest absolute Gasteiger partial charge is 0.284 e. The van der Waals surface area contributed by atoms with Crippen LogP contribution in [0.4, 0.5) is 0 Å². The molecule has 7 nitrogen and oxygen atoms in total. The lowest BCUT2D eigenvalue weighted by Crippen LogP contribution is -2.28. The van der Waals surface area contributed by atoms with Crippen LogP contribution in [0.5, 0.6) is 0 Å². The molecule has 1 amide bonds. The Bertz CT molecular complexity index is 755. The van der Waals surface area contributed by atoms with E-state index in [1.54, 1.807) is 11.9 Å². The molecule has 0 atom stereocenters. The number of nitrogens with one attached hydrogen (secondary N) is 2. The Labute approximate surface area is 151 Å². The molecule has 1 aromatic carbocycles. The van der Waals surface area contributed by atoms with Crippen LogP contribution in [0.25, 0.3) is 0 Å². The van der Waals surface area contributed by atoms with Gasteiger partial charge < -0.3 is 15.5 Å². The van der Waals surface area contributed by atoms with Crippen molar-refractivity contribution in [1.29, 1.82) is 0 Å². The standard InChI is InChI=1S/C17H22N6OS/c1-18-11-14-21-22-16(25-14)17(24)23(2)10-7-12-3-5-13(6-4-12)15-19-8-9-20-15/h3-6,18H,7-11H2,1-2H3,(H,19,20). The van der Waals surface area contributed by atoms with Crippen LogP contribution in [-0.4, -0.2) is 60.6 Å². The van der Waals surface area contributed by atoms with E-state index in [0.717, 1.165) is 35.9 Å². The van der Waals surface area contributed by atoms with Crippen LogP contribution in [-0.2, 0) is 13.0 Å². The second-order valence-corrected chi connectivity index (χ2v) is 6.92. The number of amides is 1. The van der Waals surface area contributed by atoms with E-state index in [4.69, 9.17) is 0 Å². The van der Waals surface area contributed by atoms with E-state index in [1.165, 1.54) is 16.9 Å². The molecule has 0 radical (unpaired) electrons. The number of likely N-dealkylation sites (N-methyl/N-ethyl adjacent to an activating group) is 1. The van der Waals surface area contributed by atoms with Gasteiger partial charge in [0.1, 0.15) is 10.8 Å². The fourth-order valence-electron chi connectivity index (χ4n) is 2.54. The summed E-state index contributed by atoms with van der Waals surface area (Å²) in [5.41, 5.74) is 2.30. The minimum Gasteiger partial charge on any atom is -0.368 e. The largest absolute Gasteiger partial charge is 0.368 e. The summed E-state index contributed by atoms with van der Waals surface area (Å²) in [6.45, 7) is 3.01. The number of aliphatic imine (C=N–C) groups is 1. The van der Waals surface area contributed by atoms with Gasteiger partial charge >= 0.3 is 0 Å². The van der Waals surface area contributed by atoms with Gasteiger partial charge in [-0.3, -0.25) is 9.79 Å². The molecule has 0 unspecified atom stereocenters. The van der Waals surface area contributed by atoms with Gasteiger partial charge in [-0.25, -0.2) is 0 Å². The van der Waals surface area contributed by atoms with Gasteiger partial charge in [-0.05, 0) is 19.0 Å². The molecule has 0 spiro atoms. The number of nitrogens with zero attached hydrogens (tertiary/aromatic N) is 4. The first-order chi connectivity index (χ1) is 12.2. The number of hydrogen-bond acceptors (Lipinski definition) is 7. The van der Waals surface area contributed by atoms with Gasteiger partial charge in [-0.1, -0.05) is 35.6 Å². The number of benzene rings is 1. The van der Waals surface area contributed by atoms with Crippen LogP contribution >= 0.6 is 11.3 Å². The summed E-state index contributed by atoms with van der Waals surface area (Å²) >= 11 is 1.34. The average molecular weight is 358 g/mol.